The Balaban J connectivity index is 1.35. The molecule has 0 atom stereocenters. The Bertz CT molecular complexity index is 965. The van der Waals surface area contributed by atoms with E-state index in [0.29, 0.717) is 17.2 Å². The molecule has 0 radical (unpaired) electrons. The predicted molar refractivity (Wildman–Crippen MR) is 103 cm³/mol. The van der Waals surface area contributed by atoms with Gasteiger partial charge in [-0.2, -0.15) is 0 Å². The molecule has 134 valence electrons. The van der Waals surface area contributed by atoms with Crippen molar-refractivity contribution in [2.75, 3.05) is 12.1 Å². The fraction of sp³-hybridized carbons (Fsp3) is 0.0455. The minimum Gasteiger partial charge on any atom is -0.457 e. The highest BCUT2D eigenvalue weighted by Gasteiger charge is 2.12. The van der Waals surface area contributed by atoms with Crippen molar-refractivity contribution in [3.05, 3.63) is 84.4 Å². The summed E-state index contributed by atoms with van der Waals surface area (Å²) in [5.74, 6) is 2.65. The molecule has 1 heterocycles. The molecule has 5 heteroatoms. The monoisotopic (exact) mass is 359 g/mol. The third-order valence-corrected chi connectivity index (χ3v) is 3.92. The van der Waals surface area contributed by atoms with Gasteiger partial charge in [0.15, 0.2) is 11.5 Å². The summed E-state index contributed by atoms with van der Waals surface area (Å²) in [4.78, 5) is 12.1. The summed E-state index contributed by atoms with van der Waals surface area (Å²) in [6.45, 7) is 0.229. The van der Waals surface area contributed by atoms with Crippen molar-refractivity contribution >= 4 is 17.7 Å². The number of benzene rings is 3. The van der Waals surface area contributed by atoms with E-state index in [0.717, 1.165) is 17.1 Å². The van der Waals surface area contributed by atoms with Crippen LogP contribution >= 0.6 is 0 Å². The first-order chi connectivity index (χ1) is 13.3. The molecule has 1 N–H and O–H groups in total. The fourth-order valence-electron chi connectivity index (χ4n) is 2.60. The summed E-state index contributed by atoms with van der Waals surface area (Å²) in [6.07, 6.45) is 3.20. The minimum atomic E-state index is -0.218. The molecule has 0 aliphatic carbocycles. The van der Waals surface area contributed by atoms with Crippen LogP contribution in [0.3, 0.4) is 0 Å². The van der Waals surface area contributed by atoms with Crippen LogP contribution in [0.4, 0.5) is 5.69 Å². The summed E-state index contributed by atoms with van der Waals surface area (Å²) in [7, 11) is 0. The second kappa shape index (κ2) is 7.66. The van der Waals surface area contributed by atoms with E-state index in [1.165, 1.54) is 6.08 Å². The second-order valence-corrected chi connectivity index (χ2v) is 5.87. The molecule has 1 aliphatic heterocycles. The molecule has 3 aromatic rings. The summed E-state index contributed by atoms with van der Waals surface area (Å²) in [5, 5.41) is 2.82. The molecule has 0 bridgehead atoms. The smallest absolute Gasteiger partial charge is 0.248 e. The van der Waals surface area contributed by atoms with Gasteiger partial charge in [0.2, 0.25) is 12.7 Å². The number of carbonyl (C=O) groups excluding carboxylic acids is 1. The first-order valence-electron chi connectivity index (χ1n) is 8.48. The van der Waals surface area contributed by atoms with Crippen molar-refractivity contribution in [3.63, 3.8) is 0 Å². The molecule has 0 saturated heterocycles. The van der Waals surface area contributed by atoms with Crippen LogP contribution < -0.4 is 19.5 Å². The number of hydrogen-bond acceptors (Lipinski definition) is 4. The second-order valence-electron chi connectivity index (χ2n) is 5.87. The number of rotatable bonds is 5. The van der Waals surface area contributed by atoms with Gasteiger partial charge in [0, 0.05) is 11.8 Å². The van der Waals surface area contributed by atoms with Crippen LogP contribution in [-0.4, -0.2) is 12.7 Å². The lowest BCUT2D eigenvalue weighted by Crippen LogP contribution is -2.07. The molecule has 4 rings (SSSR count). The topological polar surface area (TPSA) is 56.8 Å². The average molecular weight is 359 g/mol. The number of nitrogens with one attached hydrogen (secondary N) is 1. The van der Waals surface area contributed by atoms with Gasteiger partial charge in [-0.15, -0.1) is 0 Å². The van der Waals surface area contributed by atoms with Crippen LogP contribution in [0.2, 0.25) is 0 Å². The van der Waals surface area contributed by atoms with Gasteiger partial charge in [-0.1, -0.05) is 24.3 Å². The van der Waals surface area contributed by atoms with Crippen molar-refractivity contribution in [1.82, 2.24) is 0 Å². The minimum absolute atomic E-state index is 0.218. The molecule has 0 fully saturated rings. The Morgan fingerprint density at radius 2 is 1.63 bits per heavy atom. The summed E-state index contributed by atoms with van der Waals surface area (Å²) in [6, 6.07) is 22.3. The molecule has 0 aromatic heterocycles. The molecule has 3 aromatic carbocycles. The van der Waals surface area contributed by atoms with Crippen molar-refractivity contribution < 1.29 is 19.0 Å². The summed E-state index contributed by atoms with van der Waals surface area (Å²) in [5.41, 5.74) is 1.55. The van der Waals surface area contributed by atoms with E-state index in [9.17, 15) is 4.79 Å². The van der Waals surface area contributed by atoms with Crippen LogP contribution in [0.15, 0.2) is 78.9 Å². The highest BCUT2D eigenvalue weighted by molar-refractivity contribution is 6.02. The van der Waals surface area contributed by atoms with Crippen LogP contribution in [-0.2, 0) is 4.79 Å². The van der Waals surface area contributed by atoms with Crippen molar-refractivity contribution in [2.24, 2.45) is 0 Å². The number of hydrogen-bond donors (Lipinski definition) is 1. The van der Waals surface area contributed by atoms with Gasteiger partial charge >= 0.3 is 0 Å². The van der Waals surface area contributed by atoms with Crippen LogP contribution in [0.5, 0.6) is 23.0 Å². The standard InChI is InChI=1S/C22H17NO4/c24-22(13-7-16-6-12-20-21(14-16)26-15-25-20)23-17-8-10-19(11-9-17)27-18-4-2-1-3-5-18/h1-14H,15H2,(H,23,24)/b13-7+. The van der Waals surface area contributed by atoms with E-state index in [4.69, 9.17) is 14.2 Å². The van der Waals surface area contributed by atoms with Gasteiger partial charge in [0.1, 0.15) is 11.5 Å². The normalized spacial score (nSPS) is 12.1. The first kappa shape index (κ1) is 16.7. The molecular weight excluding hydrogens is 342 g/mol. The SMILES string of the molecule is O=C(/C=C/c1ccc2c(c1)OCO2)Nc1ccc(Oc2ccccc2)cc1. The van der Waals surface area contributed by atoms with E-state index in [-0.39, 0.29) is 12.7 Å². The van der Waals surface area contributed by atoms with E-state index in [2.05, 4.69) is 5.32 Å². The van der Waals surface area contributed by atoms with E-state index in [1.54, 1.807) is 18.2 Å². The zero-order chi connectivity index (χ0) is 18.5. The van der Waals surface area contributed by atoms with E-state index < -0.39 is 0 Å². The molecule has 5 nitrogen and oxygen atoms in total. The van der Waals surface area contributed by atoms with Gasteiger partial charge in [-0.25, -0.2) is 0 Å². The molecule has 27 heavy (non-hydrogen) atoms. The molecule has 1 aliphatic rings. The summed E-state index contributed by atoms with van der Waals surface area (Å²) >= 11 is 0. The Labute approximate surface area is 156 Å². The third-order valence-electron chi connectivity index (χ3n) is 3.92. The molecule has 1 amide bonds. The highest BCUT2D eigenvalue weighted by atomic mass is 16.7. The van der Waals surface area contributed by atoms with E-state index in [1.807, 2.05) is 60.7 Å². The van der Waals surface area contributed by atoms with Gasteiger partial charge in [-0.3, -0.25) is 4.79 Å². The third kappa shape index (κ3) is 4.27. The Morgan fingerprint density at radius 1 is 0.889 bits per heavy atom. The van der Waals surface area contributed by atoms with Gasteiger partial charge < -0.3 is 19.5 Å². The number of amides is 1. The average Bonchev–Trinajstić information content (AvgIpc) is 3.17. The first-order valence-corrected chi connectivity index (χ1v) is 8.48. The Kier molecular flexibility index (Phi) is 4.74. The van der Waals surface area contributed by atoms with E-state index >= 15 is 0 Å². The number of carbonyl (C=O) groups is 1. The van der Waals surface area contributed by atoms with Crippen molar-refractivity contribution in [2.45, 2.75) is 0 Å². The fourth-order valence-corrected chi connectivity index (χ4v) is 2.60. The number of para-hydroxylation sites is 1. The molecule has 0 spiro atoms. The van der Waals surface area contributed by atoms with Crippen LogP contribution in [0, 0.1) is 0 Å². The lowest BCUT2D eigenvalue weighted by molar-refractivity contribution is -0.111. The maximum absolute atomic E-state index is 12.1. The predicted octanol–water partition coefficient (Wildman–Crippen LogP) is 4.86. The zero-order valence-corrected chi connectivity index (χ0v) is 14.4. The van der Waals surface area contributed by atoms with Gasteiger partial charge in [-0.05, 0) is 60.2 Å². The lowest BCUT2D eigenvalue weighted by Gasteiger charge is -2.07. The zero-order valence-electron chi connectivity index (χ0n) is 14.4. The maximum atomic E-state index is 12.1. The van der Waals surface area contributed by atoms with Crippen molar-refractivity contribution in [3.8, 4) is 23.0 Å². The van der Waals surface area contributed by atoms with Gasteiger partial charge in [0.05, 0.1) is 0 Å². The Morgan fingerprint density at radius 3 is 2.44 bits per heavy atom. The quantitative estimate of drug-likeness (QED) is 0.661. The maximum Gasteiger partial charge on any atom is 0.248 e. The molecule has 0 saturated carbocycles. The molecule has 0 unspecified atom stereocenters. The number of ether oxygens (including phenoxy) is 3. The molecular formula is C22H17NO4. The number of fused-ring (bicyclic) bond motifs is 1. The largest absolute Gasteiger partial charge is 0.457 e. The van der Waals surface area contributed by atoms with Crippen LogP contribution in [0.1, 0.15) is 5.56 Å². The van der Waals surface area contributed by atoms with Crippen molar-refractivity contribution in [1.29, 1.82) is 0 Å². The summed E-state index contributed by atoms with van der Waals surface area (Å²) < 4.78 is 16.3. The Hall–Kier alpha value is -3.73. The number of anilines is 1. The highest BCUT2D eigenvalue weighted by Crippen LogP contribution is 2.32. The van der Waals surface area contributed by atoms with Crippen LogP contribution in [0.25, 0.3) is 6.08 Å². The lowest BCUT2D eigenvalue weighted by atomic mass is 10.2. The van der Waals surface area contributed by atoms with Gasteiger partial charge in [0.25, 0.3) is 0 Å².